The molecule has 0 saturated carbocycles. The minimum atomic E-state index is 0.411. The number of amidine groups is 1. The van der Waals surface area contributed by atoms with Crippen LogP contribution >= 0.6 is 11.8 Å². The number of hydrogen-bond acceptors (Lipinski definition) is 2. The summed E-state index contributed by atoms with van der Waals surface area (Å²) in [6.07, 6.45) is 0. The predicted octanol–water partition coefficient (Wildman–Crippen LogP) is 2.73. The van der Waals surface area contributed by atoms with Gasteiger partial charge in [-0.25, -0.2) is 0 Å². The van der Waals surface area contributed by atoms with E-state index in [0.717, 1.165) is 0 Å². The Morgan fingerprint density at radius 3 is 2.43 bits per heavy atom. The number of nitrogens with one attached hydrogen (secondary N) is 1. The average Bonchev–Trinajstić information content (AvgIpc) is 2.47. The van der Waals surface area contributed by atoms with Crippen LogP contribution in [-0.2, 0) is 0 Å². The highest BCUT2D eigenvalue weighted by Crippen LogP contribution is 2.41. The first-order valence-electron chi connectivity index (χ1n) is 4.73. The van der Waals surface area contributed by atoms with Gasteiger partial charge in [-0.05, 0) is 12.5 Å². The van der Waals surface area contributed by atoms with E-state index in [1.54, 1.807) is 11.8 Å². The molecule has 1 N–H and O–H groups in total. The molecule has 2 nitrogen and oxygen atoms in total. The fourth-order valence-electron chi connectivity index (χ4n) is 1.68. The Bertz CT molecular complexity index is 336. The number of nitrogens with zero attached hydrogens (tertiary/aromatic N) is 1. The van der Waals surface area contributed by atoms with Crippen LogP contribution in [0.2, 0.25) is 0 Å². The first-order chi connectivity index (χ1) is 6.70. The van der Waals surface area contributed by atoms with Crippen molar-refractivity contribution >= 4 is 16.9 Å². The van der Waals surface area contributed by atoms with Crippen molar-refractivity contribution in [1.82, 2.24) is 4.90 Å². The van der Waals surface area contributed by atoms with Crippen LogP contribution in [0.25, 0.3) is 0 Å². The third-order valence-electron chi connectivity index (χ3n) is 2.74. The van der Waals surface area contributed by atoms with Gasteiger partial charge in [0.05, 0.1) is 5.25 Å². The molecule has 0 spiro atoms. The molecule has 2 rings (SSSR count). The normalized spacial score (nSPS) is 27.0. The molecule has 0 unspecified atom stereocenters. The molecule has 0 aliphatic carbocycles. The summed E-state index contributed by atoms with van der Waals surface area (Å²) in [5.74, 6) is 0. The molecule has 0 amide bonds. The summed E-state index contributed by atoms with van der Waals surface area (Å²) in [5, 5.41) is 8.84. The van der Waals surface area contributed by atoms with Gasteiger partial charge in [0, 0.05) is 13.1 Å². The van der Waals surface area contributed by atoms with Crippen molar-refractivity contribution < 1.29 is 0 Å². The second-order valence-corrected chi connectivity index (χ2v) is 4.74. The Morgan fingerprint density at radius 2 is 1.93 bits per heavy atom. The van der Waals surface area contributed by atoms with Crippen LogP contribution in [0.5, 0.6) is 0 Å². The molecule has 14 heavy (non-hydrogen) atoms. The standard InChI is InChI=1S/C11H14N2S/c1-8-10(14-11(12)13(8)2)9-6-4-3-5-7-9/h3-8,10,12H,1-2H3/t8-,10-/m1/s1. The average molecular weight is 206 g/mol. The first-order valence-corrected chi connectivity index (χ1v) is 5.61. The van der Waals surface area contributed by atoms with Crippen molar-refractivity contribution in [2.75, 3.05) is 7.05 Å². The molecule has 1 saturated heterocycles. The van der Waals surface area contributed by atoms with Gasteiger partial charge in [0.1, 0.15) is 0 Å². The third kappa shape index (κ3) is 1.52. The van der Waals surface area contributed by atoms with Crippen LogP contribution in [-0.4, -0.2) is 23.2 Å². The molecule has 1 aliphatic heterocycles. The van der Waals surface area contributed by atoms with Crippen LogP contribution in [0.4, 0.5) is 0 Å². The number of likely N-dealkylation sites (N-methyl/N-ethyl adjacent to an activating group) is 1. The number of rotatable bonds is 1. The molecule has 1 aromatic carbocycles. The van der Waals surface area contributed by atoms with Crippen molar-refractivity contribution in [2.24, 2.45) is 0 Å². The van der Waals surface area contributed by atoms with Crippen LogP contribution < -0.4 is 0 Å². The monoisotopic (exact) mass is 206 g/mol. The molecular formula is C11H14N2S. The van der Waals surface area contributed by atoms with E-state index in [0.29, 0.717) is 16.5 Å². The molecule has 1 fully saturated rings. The highest BCUT2D eigenvalue weighted by molar-refractivity contribution is 8.14. The summed E-state index contributed by atoms with van der Waals surface area (Å²) >= 11 is 1.64. The maximum atomic E-state index is 7.75. The summed E-state index contributed by atoms with van der Waals surface area (Å²) < 4.78 is 0. The number of hydrogen-bond donors (Lipinski definition) is 1. The lowest BCUT2D eigenvalue weighted by Gasteiger charge is -2.19. The van der Waals surface area contributed by atoms with Gasteiger partial charge in [-0.15, -0.1) is 0 Å². The smallest absolute Gasteiger partial charge is 0.157 e. The molecule has 1 aromatic rings. The topological polar surface area (TPSA) is 27.1 Å². The van der Waals surface area contributed by atoms with E-state index >= 15 is 0 Å². The largest absolute Gasteiger partial charge is 0.351 e. The van der Waals surface area contributed by atoms with E-state index in [2.05, 4.69) is 31.2 Å². The molecule has 2 atom stereocenters. The second-order valence-electron chi connectivity index (χ2n) is 3.61. The van der Waals surface area contributed by atoms with Crippen LogP contribution in [0, 0.1) is 5.41 Å². The Hall–Kier alpha value is -0.960. The summed E-state index contributed by atoms with van der Waals surface area (Å²) in [6.45, 7) is 2.17. The van der Waals surface area contributed by atoms with Gasteiger partial charge in [0.25, 0.3) is 0 Å². The maximum Gasteiger partial charge on any atom is 0.157 e. The Morgan fingerprint density at radius 1 is 1.29 bits per heavy atom. The van der Waals surface area contributed by atoms with Crippen molar-refractivity contribution in [1.29, 1.82) is 5.41 Å². The highest BCUT2D eigenvalue weighted by Gasteiger charge is 2.33. The maximum absolute atomic E-state index is 7.75. The Balaban J connectivity index is 2.26. The molecule has 3 heteroatoms. The van der Waals surface area contributed by atoms with E-state index in [9.17, 15) is 0 Å². The van der Waals surface area contributed by atoms with Gasteiger partial charge in [-0.3, -0.25) is 5.41 Å². The molecule has 0 aromatic heterocycles. The predicted molar refractivity (Wildman–Crippen MR) is 61.7 cm³/mol. The minimum Gasteiger partial charge on any atom is -0.351 e. The summed E-state index contributed by atoms with van der Waals surface area (Å²) in [7, 11) is 1.99. The fraction of sp³-hybridized carbons (Fsp3) is 0.364. The zero-order valence-corrected chi connectivity index (χ0v) is 9.21. The molecule has 0 bridgehead atoms. The lowest BCUT2D eigenvalue weighted by atomic mass is 10.1. The zero-order chi connectivity index (χ0) is 10.1. The van der Waals surface area contributed by atoms with Gasteiger partial charge >= 0.3 is 0 Å². The van der Waals surface area contributed by atoms with Crippen LogP contribution in [0.1, 0.15) is 17.7 Å². The Labute approximate surface area is 88.8 Å². The first kappa shape index (κ1) is 9.59. The van der Waals surface area contributed by atoms with E-state index in [-0.39, 0.29) is 0 Å². The van der Waals surface area contributed by atoms with Gasteiger partial charge < -0.3 is 4.90 Å². The molecular weight excluding hydrogens is 192 g/mol. The van der Waals surface area contributed by atoms with Gasteiger partial charge in [-0.1, -0.05) is 42.1 Å². The van der Waals surface area contributed by atoms with E-state index in [1.807, 2.05) is 18.0 Å². The molecule has 74 valence electrons. The molecule has 1 aliphatic rings. The van der Waals surface area contributed by atoms with E-state index in [4.69, 9.17) is 5.41 Å². The summed E-state index contributed by atoms with van der Waals surface area (Å²) in [4.78, 5) is 2.03. The molecule has 1 heterocycles. The van der Waals surface area contributed by atoms with Crippen LogP contribution in [0.3, 0.4) is 0 Å². The van der Waals surface area contributed by atoms with Crippen molar-refractivity contribution in [3.63, 3.8) is 0 Å². The minimum absolute atomic E-state index is 0.411. The molecule has 0 radical (unpaired) electrons. The summed E-state index contributed by atoms with van der Waals surface area (Å²) in [5.41, 5.74) is 1.32. The van der Waals surface area contributed by atoms with Crippen molar-refractivity contribution in [3.05, 3.63) is 35.9 Å². The Kier molecular flexibility index (Phi) is 2.50. The van der Waals surface area contributed by atoms with Gasteiger partial charge in [-0.2, -0.15) is 0 Å². The lowest BCUT2D eigenvalue weighted by molar-refractivity contribution is 0.402. The quantitative estimate of drug-likeness (QED) is 0.765. The van der Waals surface area contributed by atoms with Crippen molar-refractivity contribution in [3.8, 4) is 0 Å². The van der Waals surface area contributed by atoms with Crippen molar-refractivity contribution in [2.45, 2.75) is 18.2 Å². The van der Waals surface area contributed by atoms with Gasteiger partial charge in [0.2, 0.25) is 0 Å². The summed E-state index contributed by atoms with van der Waals surface area (Å²) in [6, 6.07) is 10.8. The third-order valence-corrected chi connectivity index (χ3v) is 4.17. The highest BCUT2D eigenvalue weighted by atomic mass is 32.2. The SMILES string of the molecule is C[C@@H]1[C@H](c2ccccc2)SC(=N)N1C. The zero-order valence-electron chi connectivity index (χ0n) is 8.40. The second kappa shape index (κ2) is 3.65. The lowest BCUT2D eigenvalue weighted by Crippen LogP contribution is -2.27. The van der Waals surface area contributed by atoms with Crippen LogP contribution in [0.15, 0.2) is 30.3 Å². The number of thioether (sulfide) groups is 1. The van der Waals surface area contributed by atoms with Gasteiger partial charge in [0.15, 0.2) is 5.17 Å². The van der Waals surface area contributed by atoms with E-state index in [1.165, 1.54) is 5.56 Å². The number of benzene rings is 1. The fourth-order valence-corrected chi connectivity index (χ4v) is 2.92. The van der Waals surface area contributed by atoms with E-state index < -0.39 is 0 Å².